The molecule has 1 aromatic carbocycles. The van der Waals surface area contributed by atoms with Crippen LogP contribution in [0.1, 0.15) is 19.3 Å². The van der Waals surface area contributed by atoms with Gasteiger partial charge >= 0.3 is 5.97 Å². The lowest BCUT2D eigenvalue weighted by Gasteiger charge is -2.33. The maximum atomic E-state index is 12.1. The van der Waals surface area contributed by atoms with Crippen LogP contribution in [0.25, 0.3) is 0 Å². The van der Waals surface area contributed by atoms with Crippen molar-refractivity contribution in [3.63, 3.8) is 0 Å². The number of likely N-dealkylation sites (tertiary alicyclic amines) is 1. The summed E-state index contributed by atoms with van der Waals surface area (Å²) in [5.74, 6) is -1.05. The molecule has 1 aliphatic rings. The summed E-state index contributed by atoms with van der Waals surface area (Å²) in [4.78, 5) is 36.5. The minimum absolute atomic E-state index is 0.281. The van der Waals surface area contributed by atoms with Crippen molar-refractivity contribution in [1.29, 1.82) is 0 Å². The van der Waals surface area contributed by atoms with E-state index < -0.39 is 30.4 Å². The van der Waals surface area contributed by atoms with Crippen molar-refractivity contribution >= 4 is 17.8 Å². The summed E-state index contributed by atoms with van der Waals surface area (Å²) < 4.78 is 10.1. The summed E-state index contributed by atoms with van der Waals surface area (Å²) in [7, 11) is 0. The Morgan fingerprint density at radius 2 is 1.87 bits per heavy atom. The molecule has 1 saturated heterocycles. The molecule has 7 nitrogen and oxygen atoms in total. The molecule has 2 N–H and O–H groups in total. The molecule has 23 heavy (non-hydrogen) atoms. The summed E-state index contributed by atoms with van der Waals surface area (Å²) in [5, 5.41) is 0. The van der Waals surface area contributed by atoms with Crippen LogP contribution in [0.3, 0.4) is 0 Å². The molecule has 7 heteroatoms. The highest BCUT2D eigenvalue weighted by Crippen LogP contribution is 2.17. The molecule has 1 aromatic rings. The fourth-order valence-electron chi connectivity index (χ4n) is 2.45. The largest absolute Gasteiger partial charge is 0.482 e. The van der Waals surface area contributed by atoms with E-state index in [-0.39, 0.29) is 6.61 Å². The van der Waals surface area contributed by atoms with E-state index in [1.807, 2.05) is 6.07 Å². The highest BCUT2D eigenvalue weighted by molar-refractivity contribution is 5.88. The number of nitrogens with two attached hydrogens (primary N) is 1. The molecule has 0 unspecified atom stereocenters. The standard InChI is InChI=1S/C16H20N2O5/c17-16(21)13-8-4-5-9-18(13)14(19)10-23-15(20)11-22-12-6-2-1-3-7-12/h1-3,6-7,13H,4-5,8-11H2,(H2,17,21)/t13-/m1/s1. The summed E-state index contributed by atoms with van der Waals surface area (Å²) >= 11 is 0. The quantitative estimate of drug-likeness (QED) is 0.768. The highest BCUT2D eigenvalue weighted by atomic mass is 16.6. The average molecular weight is 320 g/mol. The topological polar surface area (TPSA) is 98.9 Å². The Hall–Kier alpha value is -2.57. The van der Waals surface area contributed by atoms with Crippen LogP contribution >= 0.6 is 0 Å². The fourth-order valence-corrected chi connectivity index (χ4v) is 2.45. The zero-order valence-corrected chi connectivity index (χ0v) is 12.8. The summed E-state index contributed by atoms with van der Waals surface area (Å²) in [6.45, 7) is -0.248. The second-order valence-corrected chi connectivity index (χ2v) is 5.26. The van der Waals surface area contributed by atoms with Gasteiger partial charge in [0.05, 0.1) is 0 Å². The van der Waals surface area contributed by atoms with Crippen molar-refractivity contribution in [3.05, 3.63) is 30.3 Å². The Kier molecular flexibility index (Phi) is 5.96. The maximum Gasteiger partial charge on any atom is 0.344 e. The first-order valence-electron chi connectivity index (χ1n) is 7.50. The summed E-state index contributed by atoms with van der Waals surface area (Å²) in [5.41, 5.74) is 5.30. The van der Waals surface area contributed by atoms with Crippen LogP contribution in [0.4, 0.5) is 0 Å². The summed E-state index contributed by atoms with van der Waals surface area (Å²) in [6.07, 6.45) is 2.20. The molecule has 1 atom stereocenters. The molecule has 0 aliphatic carbocycles. The predicted octanol–water partition coefficient (Wildman–Crippen LogP) is 0.475. The van der Waals surface area contributed by atoms with Crippen molar-refractivity contribution in [3.8, 4) is 5.75 Å². The van der Waals surface area contributed by atoms with Crippen LogP contribution in [0.15, 0.2) is 30.3 Å². The minimum atomic E-state index is -0.644. The number of rotatable bonds is 6. The number of ether oxygens (including phenoxy) is 2. The predicted molar refractivity (Wildman–Crippen MR) is 81.4 cm³/mol. The van der Waals surface area contributed by atoms with Gasteiger partial charge in [0.2, 0.25) is 5.91 Å². The Balaban J connectivity index is 1.76. The molecule has 0 aromatic heterocycles. The number of para-hydroxylation sites is 1. The Morgan fingerprint density at radius 1 is 1.13 bits per heavy atom. The second kappa shape index (κ2) is 8.17. The third-order valence-corrected chi connectivity index (χ3v) is 3.61. The van der Waals surface area contributed by atoms with Gasteiger partial charge in [-0.25, -0.2) is 4.79 Å². The molecular formula is C16H20N2O5. The first kappa shape index (κ1) is 16.8. The lowest BCUT2D eigenvalue weighted by molar-refractivity contribution is -0.156. The summed E-state index contributed by atoms with van der Waals surface area (Å²) in [6, 6.07) is 8.20. The van der Waals surface area contributed by atoms with E-state index >= 15 is 0 Å². The zero-order chi connectivity index (χ0) is 16.7. The molecule has 2 amide bonds. The highest BCUT2D eigenvalue weighted by Gasteiger charge is 2.30. The number of primary amides is 1. The van der Waals surface area contributed by atoms with Crippen molar-refractivity contribution in [1.82, 2.24) is 4.90 Å². The number of nitrogens with zero attached hydrogens (tertiary/aromatic N) is 1. The molecule has 124 valence electrons. The third kappa shape index (κ3) is 4.98. The molecule has 1 heterocycles. The number of hydrogen-bond donors (Lipinski definition) is 1. The average Bonchev–Trinajstić information content (AvgIpc) is 2.58. The molecule has 2 rings (SSSR count). The van der Waals surface area contributed by atoms with E-state index in [0.717, 1.165) is 12.8 Å². The Morgan fingerprint density at radius 3 is 2.57 bits per heavy atom. The molecule has 0 radical (unpaired) electrons. The van der Waals surface area contributed by atoms with E-state index in [1.165, 1.54) is 4.90 Å². The molecule has 0 saturated carbocycles. The lowest BCUT2D eigenvalue weighted by atomic mass is 10.0. The van der Waals surface area contributed by atoms with Crippen molar-refractivity contribution in [2.75, 3.05) is 19.8 Å². The molecule has 1 fully saturated rings. The Labute approximate surface area is 134 Å². The van der Waals surface area contributed by atoms with Gasteiger partial charge in [0.1, 0.15) is 11.8 Å². The molecule has 0 spiro atoms. The monoisotopic (exact) mass is 320 g/mol. The van der Waals surface area contributed by atoms with E-state index in [2.05, 4.69) is 0 Å². The normalized spacial score (nSPS) is 17.4. The van der Waals surface area contributed by atoms with Crippen LogP contribution in [-0.4, -0.2) is 48.5 Å². The minimum Gasteiger partial charge on any atom is -0.482 e. The Bertz CT molecular complexity index is 561. The van der Waals surface area contributed by atoms with Gasteiger partial charge in [0, 0.05) is 6.54 Å². The van der Waals surface area contributed by atoms with E-state index in [4.69, 9.17) is 15.2 Å². The number of hydrogen-bond acceptors (Lipinski definition) is 5. The maximum absolute atomic E-state index is 12.1. The lowest BCUT2D eigenvalue weighted by Crippen LogP contribution is -2.51. The van der Waals surface area contributed by atoms with Gasteiger partial charge in [-0.1, -0.05) is 18.2 Å². The fraction of sp³-hybridized carbons (Fsp3) is 0.438. The first-order chi connectivity index (χ1) is 11.1. The van der Waals surface area contributed by atoms with Gasteiger partial charge in [-0.15, -0.1) is 0 Å². The van der Waals surface area contributed by atoms with Crippen LogP contribution in [-0.2, 0) is 19.1 Å². The second-order valence-electron chi connectivity index (χ2n) is 5.26. The van der Waals surface area contributed by atoms with Gasteiger partial charge in [0.25, 0.3) is 5.91 Å². The van der Waals surface area contributed by atoms with Crippen LogP contribution in [0.2, 0.25) is 0 Å². The van der Waals surface area contributed by atoms with Crippen LogP contribution in [0.5, 0.6) is 5.75 Å². The zero-order valence-electron chi connectivity index (χ0n) is 12.8. The van der Waals surface area contributed by atoms with Crippen LogP contribution in [0, 0.1) is 0 Å². The third-order valence-electron chi connectivity index (χ3n) is 3.61. The van der Waals surface area contributed by atoms with Crippen molar-refractivity contribution < 1.29 is 23.9 Å². The molecule has 1 aliphatic heterocycles. The van der Waals surface area contributed by atoms with E-state index in [1.54, 1.807) is 24.3 Å². The number of esters is 1. The number of amides is 2. The number of piperidine rings is 1. The van der Waals surface area contributed by atoms with Gasteiger partial charge < -0.3 is 20.1 Å². The number of carbonyl (C=O) groups is 3. The molecule has 0 bridgehead atoms. The van der Waals surface area contributed by atoms with Crippen molar-refractivity contribution in [2.45, 2.75) is 25.3 Å². The van der Waals surface area contributed by atoms with Gasteiger partial charge in [-0.2, -0.15) is 0 Å². The van der Waals surface area contributed by atoms with Crippen LogP contribution < -0.4 is 10.5 Å². The van der Waals surface area contributed by atoms with E-state index in [9.17, 15) is 14.4 Å². The van der Waals surface area contributed by atoms with Gasteiger partial charge in [-0.05, 0) is 31.4 Å². The number of carbonyl (C=O) groups excluding carboxylic acids is 3. The molecular weight excluding hydrogens is 300 g/mol. The van der Waals surface area contributed by atoms with E-state index in [0.29, 0.717) is 18.7 Å². The first-order valence-corrected chi connectivity index (χ1v) is 7.50. The number of benzene rings is 1. The van der Waals surface area contributed by atoms with Gasteiger partial charge in [-0.3, -0.25) is 9.59 Å². The van der Waals surface area contributed by atoms with Crippen molar-refractivity contribution in [2.24, 2.45) is 5.73 Å². The SMILES string of the molecule is NC(=O)[C@H]1CCCCN1C(=O)COC(=O)COc1ccccc1. The van der Waals surface area contributed by atoms with Gasteiger partial charge in [0.15, 0.2) is 13.2 Å². The smallest absolute Gasteiger partial charge is 0.344 e.